The highest BCUT2D eigenvalue weighted by Gasteiger charge is 2.11. The van der Waals surface area contributed by atoms with E-state index in [9.17, 15) is 4.79 Å². The molecule has 4 aromatic rings. The minimum absolute atomic E-state index is 0.185. The van der Waals surface area contributed by atoms with Gasteiger partial charge in [-0.3, -0.25) is 0 Å². The van der Waals surface area contributed by atoms with Crippen LogP contribution in [0.2, 0.25) is 0 Å². The minimum Gasteiger partial charge on any atom is -0.390 e. The number of hydrogen-bond acceptors (Lipinski definition) is 4. The zero-order chi connectivity index (χ0) is 18.8. The molecule has 2 N–H and O–H groups in total. The highest BCUT2D eigenvalue weighted by atomic mass is 16.6. The molecule has 0 unspecified atom stereocenters. The van der Waals surface area contributed by atoms with Gasteiger partial charge in [-0.2, -0.15) is 0 Å². The Morgan fingerprint density at radius 3 is 2.78 bits per heavy atom. The average Bonchev–Trinajstić information content (AvgIpc) is 2.99. The van der Waals surface area contributed by atoms with Crippen molar-refractivity contribution in [3.8, 4) is 5.88 Å². The first kappa shape index (κ1) is 17.0. The van der Waals surface area contributed by atoms with E-state index >= 15 is 0 Å². The third-order valence-corrected chi connectivity index (χ3v) is 4.63. The van der Waals surface area contributed by atoms with Crippen LogP contribution in [0.3, 0.4) is 0 Å². The summed E-state index contributed by atoms with van der Waals surface area (Å²) in [5, 5.41) is 3.98. The molecule has 2 aromatic heterocycles. The van der Waals surface area contributed by atoms with Gasteiger partial charge >= 0.3 is 6.09 Å². The third kappa shape index (κ3) is 3.46. The number of nitrogens with one attached hydrogen (secondary N) is 2. The Balaban J connectivity index is 1.39. The largest absolute Gasteiger partial charge is 0.414 e. The summed E-state index contributed by atoms with van der Waals surface area (Å²) >= 11 is 0. The zero-order valence-corrected chi connectivity index (χ0v) is 15.2. The van der Waals surface area contributed by atoms with Crippen molar-refractivity contribution in [1.29, 1.82) is 0 Å². The van der Waals surface area contributed by atoms with Crippen LogP contribution >= 0.6 is 0 Å². The van der Waals surface area contributed by atoms with E-state index in [1.165, 1.54) is 22.7 Å². The number of aryl methyl sites for hydroxylation is 2. The van der Waals surface area contributed by atoms with E-state index in [-0.39, 0.29) is 5.88 Å². The van der Waals surface area contributed by atoms with Gasteiger partial charge in [-0.1, -0.05) is 30.3 Å². The highest BCUT2D eigenvalue weighted by molar-refractivity contribution is 5.87. The van der Waals surface area contributed by atoms with Gasteiger partial charge in [0.15, 0.2) is 0 Å². The molecule has 27 heavy (non-hydrogen) atoms. The van der Waals surface area contributed by atoms with Crippen LogP contribution in [0.15, 0.2) is 48.7 Å². The number of fused-ring (bicyclic) bond motifs is 2. The maximum absolute atomic E-state index is 12.1. The number of ether oxygens (including phenoxy) is 1. The Hall–Kier alpha value is -3.41. The molecular weight excluding hydrogens is 340 g/mol. The third-order valence-electron chi connectivity index (χ3n) is 4.63. The van der Waals surface area contributed by atoms with Crippen LogP contribution in [0.5, 0.6) is 5.88 Å². The van der Waals surface area contributed by atoms with Gasteiger partial charge < -0.3 is 15.0 Å². The van der Waals surface area contributed by atoms with Gasteiger partial charge in [0.2, 0.25) is 5.88 Å². The van der Waals surface area contributed by atoms with Gasteiger partial charge in [-0.25, -0.2) is 14.8 Å². The molecule has 2 heterocycles. The predicted octanol–water partition coefficient (Wildman–Crippen LogP) is 4.06. The van der Waals surface area contributed by atoms with Gasteiger partial charge in [-0.15, -0.1) is 0 Å². The molecule has 0 aliphatic rings. The van der Waals surface area contributed by atoms with Crippen LogP contribution in [0, 0.1) is 13.8 Å². The second-order valence-corrected chi connectivity index (χ2v) is 6.49. The van der Waals surface area contributed by atoms with Crippen LogP contribution in [0.1, 0.15) is 16.8 Å². The number of benzene rings is 2. The number of nitrogens with zero attached hydrogens (tertiary/aromatic N) is 2. The van der Waals surface area contributed by atoms with Crippen molar-refractivity contribution in [2.75, 3.05) is 6.54 Å². The molecule has 0 aliphatic carbocycles. The zero-order valence-electron chi connectivity index (χ0n) is 15.2. The fourth-order valence-electron chi connectivity index (χ4n) is 3.28. The lowest BCUT2D eigenvalue weighted by molar-refractivity contribution is 0.198. The van der Waals surface area contributed by atoms with Crippen molar-refractivity contribution >= 4 is 28.0 Å². The van der Waals surface area contributed by atoms with Crippen LogP contribution in [0.4, 0.5) is 4.79 Å². The molecule has 0 atom stereocenters. The second-order valence-electron chi connectivity index (χ2n) is 6.49. The monoisotopic (exact) mass is 360 g/mol. The lowest BCUT2D eigenvalue weighted by Crippen LogP contribution is -2.29. The number of H-pyrrole nitrogens is 1. The molecule has 136 valence electrons. The molecule has 4 rings (SSSR count). The smallest absolute Gasteiger partial charge is 0.390 e. The fourth-order valence-corrected chi connectivity index (χ4v) is 3.28. The maximum Gasteiger partial charge on any atom is 0.414 e. The quantitative estimate of drug-likeness (QED) is 0.575. The number of amides is 1. The highest BCUT2D eigenvalue weighted by Crippen LogP contribution is 2.24. The van der Waals surface area contributed by atoms with Crippen molar-refractivity contribution in [3.05, 3.63) is 65.5 Å². The van der Waals surface area contributed by atoms with E-state index in [1.807, 2.05) is 24.3 Å². The predicted molar refractivity (Wildman–Crippen MR) is 105 cm³/mol. The van der Waals surface area contributed by atoms with Crippen LogP contribution in [-0.2, 0) is 6.42 Å². The molecule has 0 aliphatic heterocycles. The Morgan fingerprint density at radius 2 is 1.93 bits per heavy atom. The summed E-state index contributed by atoms with van der Waals surface area (Å²) < 4.78 is 5.25. The number of carbonyl (C=O) groups is 1. The van der Waals surface area contributed by atoms with E-state index < -0.39 is 6.09 Å². The molecule has 0 bridgehead atoms. The topological polar surface area (TPSA) is 79.9 Å². The summed E-state index contributed by atoms with van der Waals surface area (Å²) in [5.41, 5.74) is 6.14. The fraction of sp³-hybridized carbons (Fsp3) is 0.190. The van der Waals surface area contributed by atoms with Crippen molar-refractivity contribution in [2.45, 2.75) is 20.3 Å². The van der Waals surface area contributed by atoms with E-state index in [4.69, 9.17) is 4.74 Å². The lowest BCUT2D eigenvalue weighted by Gasteiger charge is -2.07. The second kappa shape index (κ2) is 7.07. The number of para-hydroxylation sites is 3. The van der Waals surface area contributed by atoms with E-state index in [0.717, 1.165) is 16.7 Å². The molecule has 0 spiro atoms. The molecule has 0 fully saturated rings. The molecular formula is C21H20N4O2. The molecule has 2 aromatic carbocycles. The number of aromatic amines is 1. The first-order valence-corrected chi connectivity index (χ1v) is 8.86. The van der Waals surface area contributed by atoms with Gasteiger partial charge in [-0.05, 0) is 43.5 Å². The number of carbonyl (C=O) groups excluding carboxylic acids is 1. The lowest BCUT2D eigenvalue weighted by atomic mass is 10.1. The van der Waals surface area contributed by atoms with Crippen molar-refractivity contribution in [3.63, 3.8) is 0 Å². The summed E-state index contributed by atoms with van der Waals surface area (Å²) in [6.45, 7) is 4.61. The SMILES string of the molecule is Cc1[nH]c2c(C)cccc2c1CCNC(=O)Oc1cnc2ccccc2n1. The van der Waals surface area contributed by atoms with Gasteiger partial charge in [0.25, 0.3) is 0 Å². The van der Waals surface area contributed by atoms with Crippen LogP contribution in [-0.4, -0.2) is 27.6 Å². The Kier molecular flexibility index (Phi) is 4.46. The summed E-state index contributed by atoms with van der Waals surface area (Å²) in [5.74, 6) is 0.185. The number of aromatic nitrogens is 3. The van der Waals surface area contributed by atoms with Crippen molar-refractivity contribution < 1.29 is 9.53 Å². The minimum atomic E-state index is -0.534. The summed E-state index contributed by atoms with van der Waals surface area (Å²) in [4.78, 5) is 24.0. The van der Waals surface area contributed by atoms with Crippen LogP contribution in [0.25, 0.3) is 21.9 Å². The summed E-state index contributed by atoms with van der Waals surface area (Å²) in [6.07, 6.45) is 1.63. The van der Waals surface area contributed by atoms with Crippen LogP contribution < -0.4 is 10.1 Å². The van der Waals surface area contributed by atoms with E-state index in [0.29, 0.717) is 18.5 Å². The van der Waals surface area contributed by atoms with Gasteiger partial charge in [0.05, 0.1) is 17.2 Å². The first-order valence-electron chi connectivity index (χ1n) is 8.86. The molecule has 1 amide bonds. The maximum atomic E-state index is 12.1. The molecule has 0 saturated carbocycles. The molecule has 6 nitrogen and oxygen atoms in total. The molecule has 0 radical (unpaired) electrons. The summed E-state index contributed by atoms with van der Waals surface area (Å²) in [7, 11) is 0. The molecule has 0 saturated heterocycles. The average molecular weight is 360 g/mol. The van der Waals surface area contributed by atoms with Crippen molar-refractivity contribution in [2.24, 2.45) is 0 Å². The van der Waals surface area contributed by atoms with Crippen molar-refractivity contribution in [1.82, 2.24) is 20.3 Å². The number of rotatable bonds is 4. The van der Waals surface area contributed by atoms with Gasteiger partial charge in [0.1, 0.15) is 0 Å². The Bertz CT molecular complexity index is 1130. The summed E-state index contributed by atoms with van der Waals surface area (Å²) in [6, 6.07) is 13.7. The Morgan fingerprint density at radius 1 is 1.11 bits per heavy atom. The standard InChI is InChI=1S/C21H20N4O2/c1-13-6-5-7-16-15(14(2)24-20(13)16)10-11-22-21(26)27-19-12-23-17-8-3-4-9-18(17)25-19/h3-9,12,24H,10-11H2,1-2H3,(H,22,26). The normalized spacial score (nSPS) is 11.0. The Labute approximate surface area is 156 Å². The van der Waals surface area contributed by atoms with E-state index in [1.54, 1.807) is 0 Å². The first-order chi connectivity index (χ1) is 13.1. The van der Waals surface area contributed by atoms with Gasteiger partial charge in [0, 0.05) is 23.1 Å². The molecule has 6 heteroatoms. The van der Waals surface area contributed by atoms with E-state index in [2.05, 4.69) is 52.3 Å². The number of hydrogen-bond donors (Lipinski definition) is 2.